The normalized spacial score (nSPS) is 24.3. The fourth-order valence-electron chi connectivity index (χ4n) is 4.00. The second kappa shape index (κ2) is 9.09. The van der Waals surface area contributed by atoms with Gasteiger partial charge in [-0.3, -0.25) is 9.69 Å². The van der Waals surface area contributed by atoms with Crippen LogP contribution >= 0.6 is 11.6 Å². The van der Waals surface area contributed by atoms with Crippen molar-refractivity contribution in [1.29, 1.82) is 5.26 Å². The standard InChI is InChI=1S/C23H28ClN3O3/c1-23(2,3)30-22(29)27-18(11-8-16-6-9-17(24)10-7-16)12-13-20(27)21(28)26-14-4-5-19(26)15-25/h6-11,18-20H,4-5,12-14H2,1-3H3/t18-,19+,20-/m1/s1. The maximum absolute atomic E-state index is 13.2. The number of hydrogen-bond acceptors (Lipinski definition) is 4. The molecule has 0 aromatic heterocycles. The Morgan fingerprint density at radius 2 is 1.90 bits per heavy atom. The lowest BCUT2D eigenvalue weighted by Crippen LogP contribution is -2.52. The van der Waals surface area contributed by atoms with Crippen LogP contribution in [0.5, 0.6) is 0 Å². The Hall–Kier alpha value is -2.52. The van der Waals surface area contributed by atoms with E-state index < -0.39 is 23.8 Å². The fourth-order valence-corrected chi connectivity index (χ4v) is 4.12. The van der Waals surface area contributed by atoms with E-state index >= 15 is 0 Å². The van der Waals surface area contributed by atoms with Gasteiger partial charge < -0.3 is 9.64 Å². The van der Waals surface area contributed by atoms with Gasteiger partial charge in [-0.2, -0.15) is 5.26 Å². The summed E-state index contributed by atoms with van der Waals surface area (Å²) in [4.78, 5) is 29.4. The summed E-state index contributed by atoms with van der Waals surface area (Å²) in [5.41, 5.74) is 0.294. The minimum Gasteiger partial charge on any atom is -0.444 e. The Morgan fingerprint density at radius 1 is 1.20 bits per heavy atom. The summed E-state index contributed by atoms with van der Waals surface area (Å²) < 4.78 is 5.62. The molecule has 2 saturated heterocycles. The van der Waals surface area contributed by atoms with Crippen LogP contribution in [0.1, 0.15) is 52.0 Å². The molecule has 0 radical (unpaired) electrons. The molecule has 160 valence electrons. The molecule has 0 bridgehead atoms. The number of carbonyl (C=O) groups excluding carboxylic acids is 2. The van der Waals surface area contributed by atoms with Crippen molar-refractivity contribution >= 4 is 29.7 Å². The highest BCUT2D eigenvalue weighted by atomic mass is 35.5. The van der Waals surface area contributed by atoms with E-state index in [1.165, 1.54) is 0 Å². The molecule has 2 fully saturated rings. The smallest absolute Gasteiger partial charge is 0.411 e. The van der Waals surface area contributed by atoms with Gasteiger partial charge in [-0.1, -0.05) is 35.9 Å². The summed E-state index contributed by atoms with van der Waals surface area (Å²) >= 11 is 5.95. The zero-order valence-electron chi connectivity index (χ0n) is 17.7. The van der Waals surface area contributed by atoms with E-state index in [0.29, 0.717) is 30.8 Å². The highest BCUT2D eigenvalue weighted by Gasteiger charge is 2.45. The lowest BCUT2D eigenvalue weighted by atomic mass is 10.1. The lowest BCUT2D eigenvalue weighted by Gasteiger charge is -2.33. The van der Waals surface area contributed by atoms with Crippen LogP contribution in [-0.2, 0) is 9.53 Å². The highest BCUT2D eigenvalue weighted by molar-refractivity contribution is 6.30. The van der Waals surface area contributed by atoms with Crippen molar-refractivity contribution in [2.45, 2.75) is 70.2 Å². The fraction of sp³-hybridized carbons (Fsp3) is 0.522. The van der Waals surface area contributed by atoms with Crippen molar-refractivity contribution in [3.05, 3.63) is 40.9 Å². The van der Waals surface area contributed by atoms with E-state index in [4.69, 9.17) is 16.3 Å². The minimum atomic E-state index is -0.666. The molecule has 3 rings (SSSR count). The van der Waals surface area contributed by atoms with Crippen molar-refractivity contribution in [3.8, 4) is 6.07 Å². The largest absolute Gasteiger partial charge is 0.444 e. The van der Waals surface area contributed by atoms with E-state index in [9.17, 15) is 14.9 Å². The molecular weight excluding hydrogens is 402 g/mol. The van der Waals surface area contributed by atoms with Crippen LogP contribution in [-0.4, -0.2) is 52.1 Å². The van der Waals surface area contributed by atoms with Crippen LogP contribution in [0.25, 0.3) is 6.08 Å². The van der Waals surface area contributed by atoms with Crippen LogP contribution in [0, 0.1) is 11.3 Å². The molecule has 0 unspecified atom stereocenters. The first-order chi connectivity index (χ1) is 14.2. The number of amides is 2. The van der Waals surface area contributed by atoms with Gasteiger partial charge in [-0.05, 0) is 64.2 Å². The summed E-state index contributed by atoms with van der Waals surface area (Å²) in [7, 11) is 0. The Morgan fingerprint density at radius 3 is 2.53 bits per heavy atom. The molecule has 7 heteroatoms. The Balaban J connectivity index is 1.83. The van der Waals surface area contributed by atoms with Crippen molar-refractivity contribution in [2.75, 3.05) is 6.54 Å². The minimum absolute atomic E-state index is 0.160. The van der Waals surface area contributed by atoms with Gasteiger partial charge in [0.05, 0.1) is 12.1 Å². The second-order valence-corrected chi connectivity index (χ2v) is 9.21. The number of halogens is 1. The van der Waals surface area contributed by atoms with E-state index in [1.54, 1.807) is 9.80 Å². The number of benzene rings is 1. The van der Waals surface area contributed by atoms with Crippen molar-refractivity contribution in [2.24, 2.45) is 0 Å². The second-order valence-electron chi connectivity index (χ2n) is 8.78. The SMILES string of the molecule is CC(C)(C)OC(=O)N1[C@H](C=Cc2ccc(Cl)cc2)CC[C@@H]1C(=O)N1CCC[C@H]1C#N. The summed E-state index contributed by atoms with van der Waals surface area (Å²) in [6, 6.07) is 8.33. The number of ether oxygens (including phenoxy) is 1. The van der Waals surface area contributed by atoms with E-state index in [2.05, 4.69) is 6.07 Å². The predicted octanol–water partition coefficient (Wildman–Crippen LogP) is 4.64. The van der Waals surface area contributed by atoms with Crippen molar-refractivity contribution < 1.29 is 14.3 Å². The van der Waals surface area contributed by atoms with Crippen LogP contribution in [0.15, 0.2) is 30.3 Å². The van der Waals surface area contributed by atoms with Crippen molar-refractivity contribution in [1.82, 2.24) is 9.80 Å². The maximum atomic E-state index is 13.2. The Bertz CT molecular complexity index is 854. The zero-order valence-corrected chi connectivity index (χ0v) is 18.4. The number of rotatable bonds is 3. The third-order valence-corrected chi connectivity index (χ3v) is 5.64. The van der Waals surface area contributed by atoms with Crippen LogP contribution in [0.4, 0.5) is 4.79 Å². The molecule has 2 aliphatic heterocycles. The molecule has 30 heavy (non-hydrogen) atoms. The molecule has 0 saturated carbocycles. The third-order valence-electron chi connectivity index (χ3n) is 5.38. The molecule has 2 heterocycles. The van der Waals surface area contributed by atoms with E-state index in [1.807, 2.05) is 57.2 Å². The van der Waals surface area contributed by atoms with Crippen LogP contribution in [0.3, 0.4) is 0 Å². The Kier molecular flexibility index (Phi) is 6.72. The predicted molar refractivity (Wildman–Crippen MR) is 116 cm³/mol. The maximum Gasteiger partial charge on any atom is 0.411 e. The topological polar surface area (TPSA) is 73.6 Å². The van der Waals surface area contributed by atoms with E-state index in [-0.39, 0.29) is 11.9 Å². The molecule has 0 spiro atoms. The number of hydrogen-bond donors (Lipinski definition) is 0. The lowest BCUT2D eigenvalue weighted by molar-refractivity contribution is -0.136. The van der Waals surface area contributed by atoms with Gasteiger partial charge in [0.25, 0.3) is 0 Å². The molecule has 0 aliphatic carbocycles. The van der Waals surface area contributed by atoms with Gasteiger partial charge in [-0.25, -0.2) is 4.79 Å². The summed E-state index contributed by atoms with van der Waals surface area (Å²) in [5.74, 6) is -0.160. The van der Waals surface area contributed by atoms with Crippen LogP contribution < -0.4 is 0 Å². The molecule has 0 N–H and O–H groups in total. The Labute approximate surface area is 183 Å². The van der Waals surface area contributed by atoms with Gasteiger partial charge in [0.1, 0.15) is 17.7 Å². The monoisotopic (exact) mass is 429 g/mol. The van der Waals surface area contributed by atoms with E-state index in [0.717, 1.165) is 12.0 Å². The van der Waals surface area contributed by atoms with Gasteiger partial charge in [0.2, 0.25) is 5.91 Å². The van der Waals surface area contributed by atoms with Gasteiger partial charge in [-0.15, -0.1) is 0 Å². The number of nitrogens with zero attached hydrogens (tertiary/aromatic N) is 3. The molecular formula is C23H28ClN3O3. The first-order valence-corrected chi connectivity index (χ1v) is 10.7. The molecule has 6 nitrogen and oxygen atoms in total. The van der Waals surface area contributed by atoms with Crippen LogP contribution in [0.2, 0.25) is 5.02 Å². The van der Waals surface area contributed by atoms with Gasteiger partial charge in [0.15, 0.2) is 0 Å². The highest BCUT2D eigenvalue weighted by Crippen LogP contribution is 2.31. The van der Waals surface area contributed by atoms with Gasteiger partial charge in [0, 0.05) is 11.6 Å². The number of likely N-dealkylation sites (tertiary alicyclic amines) is 2. The first-order valence-electron chi connectivity index (χ1n) is 10.3. The zero-order chi connectivity index (χ0) is 21.9. The molecule has 2 amide bonds. The third kappa shape index (κ3) is 5.14. The average molecular weight is 430 g/mol. The van der Waals surface area contributed by atoms with Gasteiger partial charge >= 0.3 is 6.09 Å². The molecule has 1 aromatic rings. The summed E-state index contributed by atoms with van der Waals surface area (Å²) in [5, 5.41) is 10.0. The molecule has 2 aliphatic rings. The number of carbonyl (C=O) groups is 2. The number of nitriles is 1. The average Bonchev–Trinajstić information content (AvgIpc) is 3.32. The van der Waals surface area contributed by atoms with Crippen molar-refractivity contribution in [3.63, 3.8) is 0 Å². The quantitative estimate of drug-likeness (QED) is 0.701. The summed E-state index contributed by atoms with van der Waals surface area (Å²) in [6.07, 6.45) is 6.06. The molecule has 1 aromatic carbocycles. The first kappa shape index (κ1) is 22.2. The summed E-state index contributed by atoms with van der Waals surface area (Å²) in [6.45, 7) is 5.98. The molecule has 3 atom stereocenters.